The Labute approximate surface area is 169 Å². The largest absolute Gasteiger partial charge is 0.455 e. The van der Waals surface area contributed by atoms with Crippen molar-refractivity contribution in [3.05, 3.63) is 83.9 Å². The van der Waals surface area contributed by atoms with Gasteiger partial charge in [-0.05, 0) is 61.0 Å². The number of nitrogens with one attached hydrogen (secondary N) is 2. The number of aryl methyl sites for hydroxylation is 1. The quantitative estimate of drug-likeness (QED) is 0.674. The minimum Gasteiger partial charge on any atom is -0.455 e. The zero-order valence-electron chi connectivity index (χ0n) is 16.0. The van der Waals surface area contributed by atoms with Gasteiger partial charge in [-0.1, -0.05) is 24.3 Å². The fourth-order valence-electron chi connectivity index (χ4n) is 3.17. The van der Waals surface area contributed by atoms with Crippen LogP contribution in [-0.2, 0) is 0 Å². The van der Waals surface area contributed by atoms with E-state index in [1.165, 1.54) is 0 Å². The van der Waals surface area contributed by atoms with Crippen molar-refractivity contribution in [1.29, 1.82) is 0 Å². The van der Waals surface area contributed by atoms with Crippen molar-refractivity contribution < 1.29 is 14.3 Å². The van der Waals surface area contributed by atoms with E-state index in [1.54, 1.807) is 35.2 Å². The zero-order chi connectivity index (χ0) is 20.2. The summed E-state index contributed by atoms with van der Waals surface area (Å²) in [6.45, 7) is 3.24. The molecule has 4 rings (SSSR count). The van der Waals surface area contributed by atoms with E-state index in [0.717, 1.165) is 11.3 Å². The van der Waals surface area contributed by atoms with Crippen LogP contribution in [0.15, 0.2) is 72.8 Å². The third-order valence-corrected chi connectivity index (χ3v) is 4.65. The SMILES string of the molecule is Cc1cccc(Oc2ccccc2NC(=O)c2ccc(N3CCNC3=O)cc2)c1. The van der Waals surface area contributed by atoms with Crippen LogP contribution in [0.3, 0.4) is 0 Å². The molecular weight excluding hydrogens is 366 g/mol. The van der Waals surface area contributed by atoms with Crippen molar-refractivity contribution in [2.45, 2.75) is 6.92 Å². The molecule has 6 nitrogen and oxygen atoms in total. The Kier molecular flexibility index (Phi) is 5.16. The van der Waals surface area contributed by atoms with Gasteiger partial charge in [-0.15, -0.1) is 0 Å². The molecule has 0 bridgehead atoms. The molecule has 1 aliphatic rings. The third-order valence-electron chi connectivity index (χ3n) is 4.65. The van der Waals surface area contributed by atoms with E-state index in [2.05, 4.69) is 10.6 Å². The van der Waals surface area contributed by atoms with Gasteiger partial charge < -0.3 is 15.4 Å². The van der Waals surface area contributed by atoms with Crippen LogP contribution in [-0.4, -0.2) is 25.0 Å². The standard InChI is InChI=1S/C23H21N3O3/c1-16-5-4-6-19(15-16)29-21-8-3-2-7-20(21)25-22(27)17-9-11-18(12-10-17)26-14-13-24-23(26)28/h2-12,15H,13-14H2,1H3,(H,24,28)(H,25,27). The number of hydrogen-bond acceptors (Lipinski definition) is 3. The molecule has 0 atom stereocenters. The number of ether oxygens (including phenoxy) is 1. The highest BCUT2D eigenvalue weighted by Gasteiger charge is 2.21. The molecular formula is C23H21N3O3. The average molecular weight is 387 g/mol. The summed E-state index contributed by atoms with van der Waals surface area (Å²) in [6, 6.07) is 21.9. The second-order valence-electron chi connectivity index (χ2n) is 6.80. The molecule has 3 amide bonds. The maximum atomic E-state index is 12.7. The van der Waals surface area contributed by atoms with Crippen LogP contribution < -0.4 is 20.3 Å². The van der Waals surface area contributed by atoms with E-state index in [0.29, 0.717) is 35.8 Å². The molecule has 1 heterocycles. The number of carbonyl (C=O) groups excluding carboxylic acids is 2. The summed E-state index contributed by atoms with van der Waals surface area (Å²) < 4.78 is 5.96. The van der Waals surface area contributed by atoms with Gasteiger partial charge in [0.1, 0.15) is 5.75 Å². The molecule has 2 N–H and O–H groups in total. The van der Waals surface area contributed by atoms with Crippen molar-refractivity contribution in [3.8, 4) is 11.5 Å². The average Bonchev–Trinajstić information content (AvgIpc) is 3.15. The van der Waals surface area contributed by atoms with Crippen LogP contribution >= 0.6 is 0 Å². The first-order chi connectivity index (χ1) is 14.1. The molecule has 0 saturated carbocycles. The summed E-state index contributed by atoms with van der Waals surface area (Å²) in [5.41, 5.74) is 2.94. The summed E-state index contributed by atoms with van der Waals surface area (Å²) in [5.74, 6) is 1.03. The Morgan fingerprint density at radius 1 is 1.03 bits per heavy atom. The maximum Gasteiger partial charge on any atom is 0.321 e. The first-order valence-electron chi connectivity index (χ1n) is 9.40. The molecule has 1 saturated heterocycles. The normalized spacial score (nSPS) is 13.1. The zero-order valence-corrected chi connectivity index (χ0v) is 16.0. The van der Waals surface area contributed by atoms with Crippen LogP contribution in [0.2, 0.25) is 0 Å². The Hall–Kier alpha value is -3.80. The first-order valence-corrected chi connectivity index (χ1v) is 9.40. The van der Waals surface area contributed by atoms with Gasteiger partial charge in [-0.2, -0.15) is 0 Å². The van der Waals surface area contributed by atoms with Crippen LogP contribution in [0.25, 0.3) is 0 Å². The van der Waals surface area contributed by atoms with Gasteiger partial charge in [0.25, 0.3) is 5.91 Å². The molecule has 1 aliphatic heterocycles. The number of rotatable bonds is 5. The lowest BCUT2D eigenvalue weighted by Gasteiger charge is -2.15. The minimum atomic E-state index is -0.247. The number of hydrogen-bond donors (Lipinski definition) is 2. The van der Waals surface area contributed by atoms with E-state index in [4.69, 9.17) is 4.74 Å². The minimum absolute atomic E-state index is 0.121. The lowest BCUT2D eigenvalue weighted by molar-refractivity contribution is 0.102. The molecule has 0 spiro atoms. The molecule has 1 fully saturated rings. The van der Waals surface area contributed by atoms with Gasteiger partial charge in [0.2, 0.25) is 0 Å². The summed E-state index contributed by atoms with van der Waals surface area (Å²) in [7, 11) is 0. The highest BCUT2D eigenvalue weighted by atomic mass is 16.5. The van der Waals surface area contributed by atoms with Gasteiger partial charge in [0.15, 0.2) is 5.75 Å². The van der Waals surface area contributed by atoms with Crippen LogP contribution in [0, 0.1) is 6.92 Å². The molecule has 3 aromatic carbocycles. The fourth-order valence-corrected chi connectivity index (χ4v) is 3.17. The number of amides is 3. The molecule has 146 valence electrons. The predicted molar refractivity (Wildman–Crippen MR) is 113 cm³/mol. The lowest BCUT2D eigenvalue weighted by atomic mass is 10.1. The summed E-state index contributed by atoms with van der Waals surface area (Å²) >= 11 is 0. The topological polar surface area (TPSA) is 70.7 Å². The second-order valence-corrected chi connectivity index (χ2v) is 6.80. The van der Waals surface area contributed by atoms with E-state index in [1.807, 2.05) is 49.4 Å². The highest BCUT2D eigenvalue weighted by Crippen LogP contribution is 2.30. The van der Waals surface area contributed by atoms with Gasteiger partial charge in [-0.3, -0.25) is 9.69 Å². The molecule has 29 heavy (non-hydrogen) atoms. The van der Waals surface area contributed by atoms with Gasteiger partial charge in [-0.25, -0.2) is 4.79 Å². The first kappa shape index (κ1) is 18.6. The molecule has 3 aromatic rings. The summed E-state index contributed by atoms with van der Waals surface area (Å²) in [4.78, 5) is 26.1. The van der Waals surface area contributed by atoms with Crippen molar-refractivity contribution in [1.82, 2.24) is 5.32 Å². The van der Waals surface area contributed by atoms with Crippen molar-refractivity contribution in [2.75, 3.05) is 23.3 Å². The Balaban J connectivity index is 1.49. The van der Waals surface area contributed by atoms with Crippen molar-refractivity contribution in [3.63, 3.8) is 0 Å². The number of carbonyl (C=O) groups is 2. The smallest absolute Gasteiger partial charge is 0.321 e. The van der Waals surface area contributed by atoms with E-state index in [9.17, 15) is 9.59 Å². The van der Waals surface area contributed by atoms with E-state index < -0.39 is 0 Å². The van der Waals surface area contributed by atoms with E-state index in [-0.39, 0.29) is 11.9 Å². The van der Waals surface area contributed by atoms with Crippen molar-refractivity contribution >= 4 is 23.3 Å². The maximum absolute atomic E-state index is 12.7. The third kappa shape index (κ3) is 4.21. The number of para-hydroxylation sites is 2. The highest BCUT2D eigenvalue weighted by molar-refractivity contribution is 6.05. The number of nitrogens with zero attached hydrogens (tertiary/aromatic N) is 1. The molecule has 0 radical (unpaired) electrons. The molecule has 0 aromatic heterocycles. The van der Waals surface area contributed by atoms with Crippen molar-refractivity contribution in [2.24, 2.45) is 0 Å². The van der Waals surface area contributed by atoms with Gasteiger partial charge >= 0.3 is 6.03 Å². The second kappa shape index (κ2) is 8.06. The number of benzene rings is 3. The number of urea groups is 1. The lowest BCUT2D eigenvalue weighted by Crippen LogP contribution is -2.27. The summed E-state index contributed by atoms with van der Waals surface area (Å²) in [5, 5.41) is 5.66. The van der Waals surface area contributed by atoms with Gasteiger partial charge in [0.05, 0.1) is 5.69 Å². The molecule has 0 unspecified atom stereocenters. The van der Waals surface area contributed by atoms with Crippen LogP contribution in [0.1, 0.15) is 15.9 Å². The Morgan fingerprint density at radius 2 is 1.83 bits per heavy atom. The van der Waals surface area contributed by atoms with Gasteiger partial charge in [0, 0.05) is 24.3 Å². The van der Waals surface area contributed by atoms with Crippen LogP contribution in [0.4, 0.5) is 16.2 Å². The fraction of sp³-hybridized carbons (Fsp3) is 0.130. The molecule has 6 heteroatoms. The van der Waals surface area contributed by atoms with E-state index >= 15 is 0 Å². The predicted octanol–water partition coefficient (Wildman–Crippen LogP) is 4.57. The Morgan fingerprint density at radius 3 is 2.55 bits per heavy atom. The molecule has 0 aliphatic carbocycles. The summed E-state index contributed by atoms with van der Waals surface area (Å²) in [6.07, 6.45) is 0. The number of anilines is 2. The Bertz CT molecular complexity index is 1050. The van der Waals surface area contributed by atoms with Crippen LogP contribution in [0.5, 0.6) is 11.5 Å². The monoisotopic (exact) mass is 387 g/mol.